The molecule has 2 aliphatic heterocycles. The first-order valence-electron chi connectivity index (χ1n) is 11.6. The Kier molecular flexibility index (Phi) is 6.20. The molecule has 2 fully saturated rings. The number of aliphatic hydroxyl groups is 1. The Bertz CT molecular complexity index is 1110. The number of hydrogen-bond donors (Lipinski definition) is 1. The molecule has 3 aromatic rings. The predicted octanol–water partition coefficient (Wildman–Crippen LogP) is 3.95. The number of amides is 1. The molecular weight excluding hydrogens is 417 g/mol. The molecule has 0 aliphatic carbocycles. The first-order valence-corrected chi connectivity index (χ1v) is 11.6. The normalized spacial score (nSPS) is 23.2. The minimum atomic E-state index is -0.398. The zero-order chi connectivity index (χ0) is 22.8. The molecule has 2 aliphatic rings. The molecule has 1 N–H and O–H groups in total. The van der Waals surface area contributed by atoms with Crippen LogP contribution in [0.2, 0.25) is 0 Å². The number of hydrogen-bond acceptors (Lipinski definition) is 4. The first kappa shape index (κ1) is 21.7. The summed E-state index contributed by atoms with van der Waals surface area (Å²) in [5, 5.41) is 10.2. The van der Waals surface area contributed by atoms with Gasteiger partial charge in [0.2, 0.25) is 0 Å². The van der Waals surface area contributed by atoms with Gasteiger partial charge in [-0.2, -0.15) is 0 Å². The Morgan fingerprint density at radius 2 is 1.85 bits per heavy atom. The molecule has 0 unspecified atom stereocenters. The van der Waals surface area contributed by atoms with Gasteiger partial charge < -0.3 is 10.0 Å². The third-order valence-corrected chi connectivity index (χ3v) is 7.02. The summed E-state index contributed by atoms with van der Waals surface area (Å²) in [5.41, 5.74) is 3.72. The molecule has 2 aromatic carbocycles. The van der Waals surface area contributed by atoms with Gasteiger partial charge in [-0.3, -0.25) is 14.7 Å². The molecule has 3 atom stereocenters. The monoisotopic (exact) mass is 445 g/mol. The first-order chi connectivity index (χ1) is 16.2. The van der Waals surface area contributed by atoms with Crippen molar-refractivity contribution < 1.29 is 14.3 Å². The van der Waals surface area contributed by atoms with Crippen molar-refractivity contribution in [1.29, 1.82) is 0 Å². The van der Waals surface area contributed by atoms with Crippen LogP contribution in [0.4, 0.5) is 4.39 Å². The molecular formula is C27H28FN3O2. The molecule has 170 valence electrons. The zero-order valence-electron chi connectivity index (χ0n) is 18.5. The smallest absolute Gasteiger partial charge is 0.254 e. The van der Waals surface area contributed by atoms with Crippen LogP contribution in [-0.2, 0) is 0 Å². The van der Waals surface area contributed by atoms with Crippen LogP contribution in [0.15, 0.2) is 73.1 Å². The van der Waals surface area contributed by atoms with Gasteiger partial charge in [0.05, 0.1) is 6.61 Å². The molecule has 5 nitrogen and oxygen atoms in total. The van der Waals surface area contributed by atoms with E-state index in [-0.39, 0.29) is 30.5 Å². The van der Waals surface area contributed by atoms with Crippen molar-refractivity contribution in [3.8, 4) is 11.1 Å². The number of halogens is 1. The van der Waals surface area contributed by atoms with Gasteiger partial charge in [0.15, 0.2) is 0 Å². The van der Waals surface area contributed by atoms with Crippen LogP contribution in [-0.4, -0.2) is 64.1 Å². The fourth-order valence-corrected chi connectivity index (χ4v) is 5.36. The molecule has 1 amide bonds. The van der Waals surface area contributed by atoms with Gasteiger partial charge in [-0.05, 0) is 60.3 Å². The maximum absolute atomic E-state index is 13.7. The number of nitrogens with zero attached hydrogens (tertiary/aromatic N) is 3. The molecule has 1 aromatic heterocycles. The summed E-state index contributed by atoms with van der Waals surface area (Å²) >= 11 is 0. The predicted molar refractivity (Wildman–Crippen MR) is 125 cm³/mol. The third-order valence-electron chi connectivity index (χ3n) is 7.02. The second kappa shape index (κ2) is 9.41. The Labute approximate surface area is 193 Å². The largest absolute Gasteiger partial charge is 0.395 e. The highest BCUT2D eigenvalue weighted by atomic mass is 19.1. The lowest BCUT2D eigenvalue weighted by Crippen LogP contribution is -2.67. The quantitative estimate of drug-likeness (QED) is 0.661. The fraction of sp³-hybridized carbons (Fsp3) is 0.333. The minimum absolute atomic E-state index is 0.0449. The standard InChI is InChI=1S/C27H28FN3O2/c28-23-7-3-5-21(15-23)27(33)30-13-1-2-14-31-24(17-30)26(25(31)18-32)20-10-8-19(9-11-20)22-6-4-12-29-16-22/h3-12,15-16,24-26,32H,1-2,13-14,17-18H2/t24-,25+,26-/m1/s1. The lowest BCUT2D eigenvalue weighted by atomic mass is 9.74. The van der Waals surface area contributed by atoms with Gasteiger partial charge in [0.25, 0.3) is 5.91 Å². The molecule has 33 heavy (non-hydrogen) atoms. The minimum Gasteiger partial charge on any atom is -0.395 e. The summed E-state index contributed by atoms with van der Waals surface area (Å²) in [6.07, 6.45) is 5.47. The Hall–Kier alpha value is -3.09. The van der Waals surface area contributed by atoms with Gasteiger partial charge in [-0.15, -0.1) is 0 Å². The van der Waals surface area contributed by atoms with E-state index < -0.39 is 5.82 Å². The number of benzene rings is 2. The van der Waals surface area contributed by atoms with E-state index in [9.17, 15) is 14.3 Å². The van der Waals surface area contributed by atoms with Crippen LogP contribution in [0, 0.1) is 5.82 Å². The average molecular weight is 446 g/mol. The second-order valence-electron chi connectivity index (χ2n) is 8.91. The van der Waals surface area contributed by atoms with Crippen molar-refractivity contribution in [2.24, 2.45) is 0 Å². The van der Waals surface area contributed by atoms with E-state index >= 15 is 0 Å². The summed E-state index contributed by atoms with van der Waals surface area (Å²) in [4.78, 5) is 21.6. The summed E-state index contributed by atoms with van der Waals surface area (Å²) in [7, 11) is 0. The summed E-state index contributed by atoms with van der Waals surface area (Å²) in [5.74, 6) is -0.390. The number of carbonyl (C=O) groups is 1. The van der Waals surface area contributed by atoms with Crippen LogP contribution < -0.4 is 0 Å². The van der Waals surface area contributed by atoms with E-state index in [1.165, 1.54) is 17.7 Å². The van der Waals surface area contributed by atoms with E-state index in [0.29, 0.717) is 18.7 Å². The molecule has 0 radical (unpaired) electrons. The highest BCUT2D eigenvalue weighted by Crippen LogP contribution is 2.42. The summed E-state index contributed by atoms with van der Waals surface area (Å²) in [6.45, 7) is 2.24. The molecule has 2 saturated heterocycles. The number of fused-ring (bicyclic) bond motifs is 1. The van der Waals surface area contributed by atoms with Crippen LogP contribution >= 0.6 is 0 Å². The fourth-order valence-electron chi connectivity index (χ4n) is 5.36. The van der Waals surface area contributed by atoms with E-state index in [4.69, 9.17) is 0 Å². The van der Waals surface area contributed by atoms with E-state index in [2.05, 4.69) is 34.1 Å². The maximum Gasteiger partial charge on any atom is 0.254 e. The van der Waals surface area contributed by atoms with Gasteiger partial charge in [0.1, 0.15) is 5.82 Å². The lowest BCUT2D eigenvalue weighted by molar-refractivity contribution is -0.0606. The molecule has 0 saturated carbocycles. The Balaban J connectivity index is 1.39. The van der Waals surface area contributed by atoms with Gasteiger partial charge in [-0.25, -0.2) is 4.39 Å². The number of aromatic nitrogens is 1. The Morgan fingerprint density at radius 3 is 2.58 bits per heavy atom. The molecule has 6 heteroatoms. The van der Waals surface area contributed by atoms with E-state index in [1.807, 2.05) is 23.2 Å². The number of aliphatic hydroxyl groups excluding tert-OH is 1. The van der Waals surface area contributed by atoms with Gasteiger partial charge in [-0.1, -0.05) is 36.4 Å². The number of pyridine rings is 1. The third kappa shape index (κ3) is 4.28. The maximum atomic E-state index is 13.7. The SMILES string of the molecule is O=C(c1cccc(F)c1)N1CCCCN2[C@H](C1)[C@@H](c1ccc(-c3cccnc3)cc1)[C@@H]2CO. The van der Waals surface area contributed by atoms with Crippen molar-refractivity contribution in [2.45, 2.75) is 30.8 Å². The second-order valence-corrected chi connectivity index (χ2v) is 8.91. The molecule has 0 bridgehead atoms. The van der Waals surface area contributed by atoms with Crippen molar-refractivity contribution in [3.05, 3.63) is 90.0 Å². The van der Waals surface area contributed by atoms with Crippen molar-refractivity contribution in [2.75, 3.05) is 26.2 Å². The van der Waals surface area contributed by atoms with Gasteiger partial charge >= 0.3 is 0 Å². The van der Waals surface area contributed by atoms with Crippen molar-refractivity contribution in [1.82, 2.24) is 14.8 Å². The van der Waals surface area contributed by atoms with Crippen LogP contribution in [0.25, 0.3) is 11.1 Å². The highest BCUT2D eigenvalue weighted by Gasteiger charge is 2.49. The van der Waals surface area contributed by atoms with E-state index in [0.717, 1.165) is 30.5 Å². The number of carbonyl (C=O) groups excluding carboxylic acids is 1. The Morgan fingerprint density at radius 1 is 1.03 bits per heavy atom. The van der Waals surface area contributed by atoms with E-state index in [1.54, 1.807) is 18.3 Å². The molecule has 3 heterocycles. The average Bonchev–Trinajstić information content (AvgIpc) is 2.83. The van der Waals surface area contributed by atoms with Crippen molar-refractivity contribution in [3.63, 3.8) is 0 Å². The van der Waals surface area contributed by atoms with Gasteiger partial charge in [0, 0.05) is 49.0 Å². The lowest BCUT2D eigenvalue weighted by Gasteiger charge is -2.57. The van der Waals surface area contributed by atoms with Crippen molar-refractivity contribution >= 4 is 5.91 Å². The van der Waals surface area contributed by atoms with Crippen LogP contribution in [0.3, 0.4) is 0 Å². The van der Waals surface area contributed by atoms with Crippen LogP contribution in [0.5, 0.6) is 0 Å². The summed E-state index contributed by atoms with van der Waals surface area (Å²) in [6, 6.07) is 18.5. The summed E-state index contributed by atoms with van der Waals surface area (Å²) < 4.78 is 13.7. The molecule has 0 spiro atoms. The zero-order valence-corrected chi connectivity index (χ0v) is 18.5. The number of rotatable bonds is 4. The van der Waals surface area contributed by atoms with Crippen LogP contribution in [0.1, 0.15) is 34.7 Å². The highest BCUT2D eigenvalue weighted by molar-refractivity contribution is 5.94. The molecule has 5 rings (SSSR count). The topological polar surface area (TPSA) is 56.7 Å².